The topological polar surface area (TPSA) is 96.7 Å². The summed E-state index contributed by atoms with van der Waals surface area (Å²) in [5.74, 6) is 0.0456. The van der Waals surface area contributed by atoms with Crippen LogP contribution in [0.15, 0.2) is 28.4 Å². The maximum atomic E-state index is 12.2. The van der Waals surface area contributed by atoms with Crippen LogP contribution in [0.2, 0.25) is 0 Å². The van der Waals surface area contributed by atoms with Crippen LogP contribution in [0.1, 0.15) is 20.8 Å². The molecule has 1 N–H and O–H groups in total. The van der Waals surface area contributed by atoms with Crippen molar-refractivity contribution in [3.05, 3.63) is 18.3 Å². The van der Waals surface area contributed by atoms with E-state index >= 15 is 0 Å². The van der Waals surface area contributed by atoms with Gasteiger partial charge in [-0.15, -0.1) is 10.2 Å². The molecule has 0 radical (unpaired) electrons. The number of carbonyl (C=O) groups excluding carboxylic acids is 1. The van der Waals surface area contributed by atoms with Crippen LogP contribution in [0, 0.1) is 0 Å². The van der Waals surface area contributed by atoms with Gasteiger partial charge in [0, 0.05) is 25.8 Å². The summed E-state index contributed by atoms with van der Waals surface area (Å²) >= 11 is 1.20. The molecular formula is C14H21N5O3S2. The van der Waals surface area contributed by atoms with Crippen LogP contribution in [-0.2, 0) is 14.8 Å². The fourth-order valence-electron chi connectivity index (χ4n) is 1.90. The third-order valence-electron chi connectivity index (χ3n) is 2.97. The molecule has 2 rings (SSSR count). The van der Waals surface area contributed by atoms with Crippen molar-refractivity contribution in [2.24, 2.45) is 0 Å². The second kappa shape index (κ2) is 6.69. The van der Waals surface area contributed by atoms with Crippen LogP contribution >= 0.6 is 11.8 Å². The summed E-state index contributed by atoms with van der Waals surface area (Å²) < 4.78 is 27.2. The first-order valence-electron chi connectivity index (χ1n) is 7.22. The molecule has 1 amide bonds. The molecule has 0 aliphatic carbocycles. The summed E-state index contributed by atoms with van der Waals surface area (Å²) in [5, 5.41) is 11.3. The second-order valence-corrected chi connectivity index (χ2v) is 9.54. The van der Waals surface area contributed by atoms with E-state index in [1.54, 1.807) is 10.5 Å². The first kappa shape index (κ1) is 18.7. The molecule has 0 bridgehead atoms. The van der Waals surface area contributed by atoms with E-state index < -0.39 is 10.0 Å². The maximum Gasteiger partial charge on any atom is 0.244 e. The van der Waals surface area contributed by atoms with E-state index in [4.69, 9.17) is 0 Å². The molecule has 0 fully saturated rings. The molecule has 0 unspecified atom stereocenters. The number of rotatable bonds is 5. The van der Waals surface area contributed by atoms with E-state index in [1.165, 1.54) is 38.1 Å². The SMILES string of the molecule is CN(C)S(=O)(=O)c1ccc2nnc(SCC(=O)NC(C)(C)C)n2c1. The summed E-state index contributed by atoms with van der Waals surface area (Å²) in [4.78, 5) is 12.1. The number of nitrogens with zero attached hydrogens (tertiary/aromatic N) is 4. The van der Waals surface area contributed by atoms with E-state index in [9.17, 15) is 13.2 Å². The average molecular weight is 371 g/mol. The third kappa shape index (κ3) is 4.25. The number of thioether (sulfide) groups is 1. The quantitative estimate of drug-likeness (QED) is 0.787. The lowest BCUT2D eigenvalue weighted by atomic mass is 10.1. The van der Waals surface area contributed by atoms with Crippen LogP contribution in [0.4, 0.5) is 0 Å². The summed E-state index contributed by atoms with van der Waals surface area (Å²) in [6, 6.07) is 3.07. The highest BCUT2D eigenvalue weighted by Crippen LogP contribution is 2.20. The highest BCUT2D eigenvalue weighted by molar-refractivity contribution is 7.99. The molecular weight excluding hydrogens is 350 g/mol. The van der Waals surface area contributed by atoms with Crippen LogP contribution in [0.3, 0.4) is 0 Å². The fraction of sp³-hybridized carbons (Fsp3) is 0.500. The monoisotopic (exact) mass is 371 g/mol. The fourth-order valence-corrected chi connectivity index (χ4v) is 3.51. The summed E-state index contributed by atoms with van der Waals surface area (Å²) in [5.41, 5.74) is 0.212. The van der Waals surface area contributed by atoms with Crippen molar-refractivity contribution in [3.8, 4) is 0 Å². The van der Waals surface area contributed by atoms with Gasteiger partial charge in [0.2, 0.25) is 15.9 Å². The lowest BCUT2D eigenvalue weighted by Gasteiger charge is -2.20. The van der Waals surface area contributed by atoms with Gasteiger partial charge < -0.3 is 5.32 Å². The Kier molecular flexibility index (Phi) is 5.21. The minimum absolute atomic E-state index is 0.124. The Hall–Kier alpha value is -1.65. The number of carbonyl (C=O) groups is 1. The smallest absolute Gasteiger partial charge is 0.244 e. The zero-order valence-corrected chi connectivity index (χ0v) is 15.9. The average Bonchev–Trinajstić information content (AvgIpc) is 2.85. The lowest BCUT2D eigenvalue weighted by Crippen LogP contribution is -2.41. The molecule has 2 aromatic rings. The van der Waals surface area contributed by atoms with Crippen LogP contribution < -0.4 is 5.32 Å². The Morgan fingerprint density at radius 2 is 1.96 bits per heavy atom. The van der Waals surface area contributed by atoms with Crippen LogP contribution in [-0.4, -0.2) is 58.6 Å². The molecule has 0 aliphatic heterocycles. The van der Waals surface area contributed by atoms with Crippen molar-refractivity contribution in [2.75, 3.05) is 19.8 Å². The number of aromatic nitrogens is 3. The van der Waals surface area contributed by atoms with Gasteiger partial charge in [-0.3, -0.25) is 9.20 Å². The third-order valence-corrected chi connectivity index (χ3v) is 5.71. The zero-order valence-electron chi connectivity index (χ0n) is 14.3. The summed E-state index contributed by atoms with van der Waals surface area (Å²) in [6.45, 7) is 5.71. The van der Waals surface area contributed by atoms with E-state index in [0.717, 1.165) is 4.31 Å². The molecule has 24 heavy (non-hydrogen) atoms. The number of nitrogens with one attached hydrogen (secondary N) is 1. The first-order valence-corrected chi connectivity index (χ1v) is 9.64. The minimum Gasteiger partial charge on any atom is -0.351 e. The molecule has 0 aliphatic rings. The highest BCUT2D eigenvalue weighted by Gasteiger charge is 2.20. The molecule has 0 saturated heterocycles. The lowest BCUT2D eigenvalue weighted by molar-refractivity contribution is -0.119. The van der Waals surface area contributed by atoms with Gasteiger partial charge in [0.25, 0.3) is 0 Å². The minimum atomic E-state index is -3.55. The number of hydrogen-bond donors (Lipinski definition) is 1. The van der Waals surface area contributed by atoms with E-state index in [2.05, 4.69) is 15.5 Å². The summed E-state index contributed by atoms with van der Waals surface area (Å²) in [7, 11) is -0.609. The maximum absolute atomic E-state index is 12.2. The molecule has 2 aromatic heterocycles. The number of sulfonamides is 1. The largest absolute Gasteiger partial charge is 0.351 e. The van der Waals surface area contributed by atoms with Gasteiger partial charge in [-0.2, -0.15) is 0 Å². The molecule has 8 nitrogen and oxygen atoms in total. The van der Waals surface area contributed by atoms with Gasteiger partial charge in [-0.05, 0) is 32.9 Å². The Labute approximate surface area is 145 Å². The second-order valence-electron chi connectivity index (χ2n) is 6.45. The van der Waals surface area contributed by atoms with E-state index in [-0.39, 0.29) is 22.1 Å². The van der Waals surface area contributed by atoms with Crippen molar-refractivity contribution < 1.29 is 13.2 Å². The highest BCUT2D eigenvalue weighted by atomic mass is 32.2. The molecule has 0 spiro atoms. The standard InChI is InChI=1S/C14H21N5O3S2/c1-14(2,3)15-12(20)9-23-13-17-16-11-7-6-10(8-19(11)13)24(21,22)18(4)5/h6-8H,9H2,1-5H3,(H,15,20). The number of amides is 1. The Bertz CT molecular complexity index is 853. The Balaban J connectivity index is 2.25. The van der Waals surface area contributed by atoms with Crippen molar-refractivity contribution in [3.63, 3.8) is 0 Å². The van der Waals surface area contributed by atoms with Crippen molar-refractivity contribution in [1.29, 1.82) is 0 Å². The summed E-state index contributed by atoms with van der Waals surface area (Å²) in [6.07, 6.45) is 1.47. The van der Waals surface area contributed by atoms with Gasteiger partial charge in [0.1, 0.15) is 0 Å². The first-order chi connectivity index (χ1) is 11.0. The molecule has 0 atom stereocenters. The number of hydrogen-bond acceptors (Lipinski definition) is 6. The molecule has 2 heterocycles. The van der Waals surface area contributed by atoms with Crippen LogP contribution in [0.25, 0.3) is 5.65 Å². The van der Waals surface area contributed by atoms with Gasteiger partial charge in [0.05, 0.1) is 10.6 Å². The Morgan fingerprint density at radius 3 is 2.54 bits per heavy atom. The molecule has 0 saturated carbocycles. The van der Waals surface area contributed by atoms with E-state index in [1.807, 2.05) is 20.8 Å². The van der Waals surface area contributed by atoms with Gasteiger partial charge >= 0.3 is 0 Å². The van der Waals surface area contributed by atoms with Crippen molar-refractivity contribution in [1.82, 2.24) is 24.2 Å². The predicted molar refractivity (Wildman–Crippen MR) is 92.5 cm³/mol. The van der Waals surface area contributed by atoms with E-state index in [0.29, 0.717) is 10.8 Å². The molecule has 132 valence electrons. The number of pyridine rings is 1. The van der Waals surface area contributed by atoms with Crippen molar-refractivity contribution in [2.45, 2.75) is 36.4 Å². The zero-order chi connectivity index (χ0) is 18.1. The van der Waals surface area contributed by atoms with Gasteiger partial charge in [-0.25, -0.2) is 12.7 Å². The van der Waals surface area contributed by atoms with Gasteiger partial charge in [-0.1, -0.05) is 11.8 Å². The van der Waals surface area contributed by atoms with Crippen molar-refractivity contribution >= 4 is 33.3 Å². The predicted octanol–water partition coefficient (Wildman–Crippen LogP) is 0.986. The molecule has 10 heteroatoms. The Morgan fingerprint density at radius 1 is 1.29 bits per heavy atom. The molecule has 0 aromatic carbocycles. The normalized spacial score (nSPS) is 12.8. The number of fused-ring (bicyclic) bond motifs is 1. The van der Waals surface area contributed by atoms with Crippen LogP contribution in [0.5, 0.6) is 0 Å². The van der Waals surface area contributed by atoms with Gasteiger partial charge in [0.15, 0.2) is 10.8 Å².